The lowest BCUT2D eigenvalue weighted by Crippen LogP contribution is -2.02. The molecule has 3 nitrogen and oxygen atoms in total. The molecule has 0 saturated carbocycles. The first-order valence-corrected chi connectivity index (χ1v) is 5.82. The van der Waals surface area contributed by atoms with Crippen LogP contribution in [0.1, 0.15) is 29.9 Å². The van der Waals surface area contributed by atoms with Gasteiger partial charge in [-0.15, -0.1) is 11.8 Å². The number of aryl methyl sites for hydroxylation is 1. The molecule has 0 bridgehead atoms. The molecule has 1 heterocycles. The molecule has 1 aromatic heterocycles. The molecule has 15 heavy (non-hydrogen) atoms. The molecule has 0 spiro atoms. The molecule has 0 radical (unpaired) electrons. The van der Waals surface area contributed by atoms with Crippen LogP contribution in [0.5, 0.6) is 0 Å². The van der Waals surface area contributed by atoms with Gasteiger partial charge in [0.1, 0.15) is 0 Å². The largest absolute Gasteiger partial charge is 0.478 e. The zero-order valence-electron chi connectivity index (χ0n) is 9.15. The summed E-state index contributed by atoms with van der Waals surface area (Å²) in [6.45, 7) is 6.09. The average molecular weight is 225 g/mol. The Balaban J connectivity index is 2.92. The van der Waals surface area contributed by atoms with Gasteiger partial charge >= 0.3 is 5.97 Å². The topological polar surface area (TPSA) is 50.2 Å². The Bertz CT molecular complexity index is 364. The van der Waals surface area contributed by atoms with Crippen molar-refractivity contribution in [1.82, 2.24) is 4.98 Å². The fraction of sp³-hybridized carbons (Fsp3) is 0.455. The standard InChI is InChI=1S/C11H15NO2S/c1-7(2)6-15-10-4-8(3)12-5-9(10)11(13)14/h4-5,7H,6H2,1-3H3,(H,13,14). The first-order chi connectivity index (χ1) is 7.00. The Morgan fingerprint density at radius 3 is 2.80 bits per heavy atom. The van der Waals surface area contributed by atoms with Gasteiger partial charge in [-0.05, 0) is 18.9 Å². The average Bonchev–Trinajstić information content (AvgIpc) is 2.14. The fourth-order valence-corrected chi connectivity index (χ4v) is 2.13. The summed E-state index contributed by atoms with van der Waals surface area (Å²) in [4.78, 5) is 15.7. The molecule has 0 aliphatic rings. The van der Waals surface area contributed by atoms with E-state index in [2.05, 4.69) is 18.8 Å². The Hall–Kier alpha value is -1.03. The maximum absolute atomic E-state index is 10.9. The van der Waals surface area contributed by atoms with E-state index in [-0.39, 0.29) is 0 Å². The smallest absolute Gasteiger partial charge is 0.338 e. The maximum Gasteiger partial charge on any atom is 0.338 e. The fourth-order valence-electron chi connectivity index (χ4n) is 1.07. The van der Waals surface area contributed by atoms with E-state index in [0.29, 0.717) is 11.5 Å². The van der Waals surface area contributed by atoms with E-state index in [0.717, 1.165) is 16.3 Å². The van der Waals surface area contributed by atoms with Gasteiger partial charge in [0.15, 0.2) is 0 Å². The molecular formula is C11H15NO2S. The number of carboxylic acid groups (broad SMARTS) is 1. The maximum atomic E-state index is 10.9. The quantitative estimate of drug-likeness (QED) is 0.800. The number of nitrogens with zero attached hydrogens (tertiary/aromatic N) is 1. The molecule has 0 atom stereocenters. The van der Waals surface area contributed by atoms with Crippen molar-refractivity contribution in [2.75, 3.05) is 5.75 Å². The zero-order chi connectivity index (χ0) is 11.4. The van der Waals surface area contributed by atoms with Crippen molar-refractivity contribution < 1.29 is 9.90 Å². The van der Waals surface area contributed by atoms with Crippen LogP contribution in [-0.4, -0.2) is 21.8 Å². The number of thioether (sulfide) groups is 1. The minimum atomic E-state index is -0.909. The second kappa shape index (κ2) is 5.16. The number of carboxylic acids is 1. The van der Waals surface area contributed by atoms with Crippen LogP contribution in [0, 0.1) is 12.8 Å². The van der Waals surface area contributed by atoms with Crippen molar-refractivity contribution in [3.8, 4) is 0 Å². The van der Waals surface area contributed by atoms with Gasteiger partial charge in [0.05, 0.1) is 5.56 Å². The van der Waals surface area contributed by atoms with Crippen LogP contribution in [0.3, 0.4) is 0 Å². The number of hydrogen-bond acceptors (Lipinski definition) is 3. The highest BCUT2D eigenvalue weighted by molar-refractivity contribution is 7.99. The number of aromatic nitrogens is 1. The molecule has 0 fully saturated rings. The van der Waals surface area contributed by atoms with Crippen LogP contribution in [-0.2, 0) is 0 Å². The van der Waals surface area contributed by atoms with Gasteiger partial charge in [-0.2, -0.15) is 0 Å². The van der Waals surface area contributed by atoms with E-state index >= 15 is 0 Å². The summed E-state index contributed by atoms with van der Waals surface area (Å²) in [7, 11) is 0. The van der Waals surface area contributed by atoms with Crippen LogP contribution in [0.15, 0.2) is 17.2 Å². The van der Waals surface area contributed by atoms with Crippen molar-refractivity contribution >= 4 is 17.7 Å². The third kappa shape index (κ3) is 3.55. The molecule has 1 rings (SSSR count). The van der Waals surface area contributed by atoms with Crippen LogP contribution in [0.4, 0.5) is 0 Å². The van der Waals surface area contributed by atoms with Gasteiger partial charge in [0.2, 0.25) is 0 Å². The summed E-state index contributed by atoms with van der Waals surface area (Å²) >= 11 is 1.58. The second-order valence-electron chi connectivity index (χ2n) is 3.83. The molecular weight excluding hydrogens is 210 g/mol. The SMILES string of the molecule is Cc1cc(SCC(C)C)c(C(=O)O)cn1. The van der Waals surface area contributed by atoms with E-state index in [9.17, 15) is 4.79 Å². The first-order valence-electron chi connectivity index (χ1n) is 4.83. The molecule has 0 aliphatic carbocycles. The lowest BCUT2D eigenvalue weighted by Gasteiger charge is -2.08. The summed E-state index contributed by atoms with van der Waals surface area (Å²) in [5, 5.41) is 8.97. The molecule has 0 saturated heterocycles. The highest BCUT2D eigenvalue weighted by Gasteiger charge is 2.11. The highest BCUT2D eigenvalue weighted by Crippen LogP contribution is 2.24. The lowest BCUT2D eigenvalue weighted by atomic mass is 10.2. The molecule has 1 N–H and O–H groups in total. The minimum absolute atomic E-state index is 0.297. The third-order valence-electron chi connectivity index (χ3n) is 1.81. The summed E-state index contributed by atoms with van der Waals surface area (Å²) in [5.41, 5.74) is 1.15. The van der Waals surface area contributed by atoms with E-state index < -0.39 is 5.97 Å². The van der Waals surface area contributed by atoms with Crippen LogP contribution in [0.25, 0.3) is 0 Å². The molecule has 4 heteroatoms. The first kappa shape index (κ1) is 12.0. The van der Waals surface area contributed by atoms with Gasteiger partial charge in [0, 0.05) is 22.5 Å². The number of aromatic carboxylic acids is 1. The monoisotopic (exact) mass is 225 g/mol. The molecule has 82 valence electrons. The summed E-state index contributed by atoms with van der Waals surface area (Å²) in [5.74, 6) is 0.558. The van der Waals surface area contributed by atoms with Crippen LogP contribution < -0.4 is 0 Å². The molecule has 0 aliphatic heterocycles. The van der Waals surface area contributed by atoms with Crippen molar-refractivity contribution in [3.63, 3.8) is 0 Å². The number of pyridine rings is 1. The van der Waals surface area contributed by atoms with E-state index in [1.807, 2.05) is 13.0 Å². The summed E-state index contributed by atoms with van der Waals surface area (Å²) in [6, 6.07) is 1.83. The van der Waals surface area contributed by atoms with Crippen LogP contribution >= 0.6 is 11.8 Å². The van der Waals surface area contributed by atoms with Gasteiger partial charge in [-0.1, -0.05) is 13.8 Å². The Morgan fingerprint density at radius 2 is 2.27 bits per heavy atom. The van der Waals surface area contributed by atoms with E-state index in [1.165, 1.54) is 6.20 Å². The van der Waals surface area contributed by atoms with Crippen molar-refractivity contribution in [2.24, 2.45) is 5.92 Å². The minimum Gasteiger partial charge on any atom is -0.478 e. The normalized spacial score (nSPS) is 10.7. The van der Waals surface area contributed by atoms with Gasteiger partial charge < -0.3 is 5.11 Å². The Morgan fingerprint density at radius 1 is 1.60 bits per heavy atom. The third-order valence-corrected chi connectivity index (χ3v) is 3.29. The number of hydrogen-bond donors (Lipinski definition) is 1. The van der Waals surface area contributed by atoms with Crippen molar-refractivity contribution in [3.05, 3.63) is 23.5 Å². The zero-order valence-corrected chi connectivity index (χ0v) is 9.97. The molecule has 1 aromatic rings. The lowest BCUT2D eigenvalue weighted by molar-refractivity contribution is 0.0692. The van der Waals surface area contributed by atoms with Gasteiger partial charge in [-0.3, -0.25) is 4.98 Å². The Kier molecular flexibility index (Phi) is 4.15. The number of rotatable bonds is 4. The van der Waals surface area contributed by atoms with Crippen molar-refractivity contribution in [1.29, 1.82) is 0 Å². The summed E-state index contributed by atoms with van der Waals surface area (Å²) < 4.78 is 0. The van der Waals surface area contributed by atoms with Gasteiger partial charge in [-0.25, -0.2) is 4.79 Å². The van der Waals surface area contributed by atoms with E-state index in [1.54, 1.807) is 11.8 Å². The van der Waals surface area contributed by atoms with Gasteiger partial charge in [0.25, 0.3) is 0 Å². The molecule has 0 unspecified atom stereocenters. The van der Waals surface area contributed by atoms with Crippen molar-refractivity contribution in [2.45, 2.75) is 25.7 Å². The predicted molar refractivity (Wildman–Crippen MR) is 61.5 cm³/mol. The van der Waals surface area contributed by atoms with E-state index in [4.69, 9.17) is 5.11 Å². The van der Waals surface area contributed by atoms with Crippen LogP contribution in [0.2, 0.25) is 0 Å². The number of carbonyl (C=O) groups is 1. The molecule has 0 aromatic carbocycles. The Labute approximate surface area is 93.9 Å². The second-order valence-corrected chi connectivity index (χ2v) is 4.89. The molecule has 0 amide bonds. The highest BCUT2D eigenvalue weighted by atomic mass is 32.2. The summed E-state index contributed by atoms with van der Waals surface area (Å²) in [6.07, 6.45) is 1.43. The predicted octanol–water partition coefficient (Wildman–Crippen LogP) is 2.84.